The Morgan fingerprint density at radius 2 is 1.30 bits per heavy atom. The topological polar surface area (TPSA) is 187 Å². The number of allylic oxidation sites excluding steroid dienone is 2. The third-order valence-corrected chi connectivity index (χ3v) is 11.0. The minimum absolute atomic E-state index is 0. The molecule has 0 amide bonds. The highest BCUT2D eigenvalue weighted by atomic mass is 35.5. The van der Waals surface area contributed by atoms with Gasteiger partial charge in [0.15, 0.2) is 11.6 Å². The van der Waals surface area contributed by atoms with Crippen molar-refractivity contribution in [3.05, 3.63) is 141 Å². The summed E-state index contributed by atoms with van der Waals surface area (Å²) in [5.41, 5.74) is 8.71. The van der Waals surface area contributed by atoms with E-state index in [4.69, 9.17) is 47.9 Å². The van der Waals surface area contributed by atoms with Gasteiger partial charge in [0.2, 0.25) is 0 Å². The molecule has 0 bridgehead atoms. The van der Waals surface area contributed by atoms with E-state index in [0.29, 0.717) is 95.6 Å². The van der Waals surface area contributed by atoms with Crippen LogP contribution in [0, 0.1) is 11.6 Å². The molecular weight excluding hydrogens is 944 g/mol. The molecule has 2 atom stereocenters. The molecule has 4 heterocycles. The summed E-state index contributed by atoms with van der Waals surface area (Å²) in [6.45, 7) is 3.71. The van der Waals surface area contributed by atoms with Crippen molar-refractivity contribution in [3.63, 3.8) is 0 Å². The van der Waals surface area contributed by atoms with Crippen LogP contribution in [0.4, 0.5) is 26.0 Å². The lowest BCUT2D eigenvalue weighted by Gasteiger charge is -2.17. The number of nitrogens with two attached hydrogens (primary N) is 1. The number of ether oxygens (including phenoxy) is 4. The molecule has 2 aliphatic heterocycles. The molecule has 15 nitrogen and oxygen atoms in total. The summed E-state index contributed by atoms with van der Waals surface area (Å²) < 4.78 is 48.9. The number of nitrogen functional groups attached to an aromatic ring is 1. The summed E-state index contributed by atoms with van der Waals surface area (Å²) in [6, 6.07) is 15.5. The first-order chi connectivity index (χ1) is 33.1. The molecule has 0 spiro atoms. The fourth-order valence-electron chi connectivity index (χ4n) is 6.94. The highest BCUT2D eigenvalue weighted by Gasteiger charge is 2.22. The van der Waals surface area contributed by atoms with Crippen LogP contribution in [0.15, 0.2) is 102 Å². The maximum absolute atomic E-state index is 13.6. The van der Waals surface area contributed by atoms with E-state index in [1.807, 2.05) is 62.3 Å². The lowest BCUT2D eigenvalue weighted by Crippen LogP contribution is -2.18. The number of fused-ring (bicyclic) bond motifs is 2. The highest BCUT2D eigenvalue weighted by molar-refractivity contribution is 6.31. The van der Waals surface area contributed by atoms with E-state index in [1.54, 1.807) is 30.4 Å². The highest BCUT2D eigenvalue weighted by Crippen LogP contribution is 2.33. The molecule has 4 aromatic carbocycles. The number of nitrogens with zero attached hydrogens (tertiary/aromatic N) is 5. The van der Waals surface area contributed by atoms with E-state index in [9.17, 15) is 23.2 Å². The second-order valence-electron chi connectivity index (χ2n) is 16.7. The maximum Gasteiger partial charge on any atom is 0.258 e. The van der Waals surface area contributed by atoms with Gasteiger partial charge in [-0.05, 0) is 88.9 Å². The second kappa shape index (κ2) is 26.6. The minimum Gasteiger partial charge on any atom is -0.488 e. The minimum atomic E-state index is -0.499. The molecular formula is C51H58Cl2F2N8O7. The normalized spacial score (nSPS) is 15.5. The number of carbonyl (C=O) groups excluding carboxylic acids is 2. The Morgan fingerprint density at radius 1 is 0.771 bits per heavy atom. The number of aromatic nitrogens is 4. The zero-order valence-electron chi connectivity index (χ0n) is 38.6. The molecule has 0 saturated carbocycles. The average Bonchev–Trinajstić information content (AvgIpc) is 4.03. The summed E-state index contributed by atoms with van der Waals surface area (Å²) in [7, 11) is 7.76. The molecule has 8 rings (SSSR count). The Hall–Kier alpha value is -6.34. The van der Waals surface area contributed by atoms with Crippen molar-refractivity contribution in [2.45, 2.75) is 45.3 Å². The van der Waals surface area contributed by atoms with Crippen molar-refractivity contribution in [3.8, 4) is 11.5 Å². The van der Waals surface area contributed by atoms with Crippen molar-refractivity contribution in [2.24, 2.45) is 0 Å². The molecule has 6 aromatic rings. The second-order valence-corrected chi connectivity index (χ2v) is 17.5. The predicted molar refractivity (Wildman–Crippen MR) is 272 cm³/mol. The lowest BCUT2D eigenvalue weighted by atomic mass is 10.0. The number of H-pyrrole nitrogens is 1. The predicted octanol–water partition coefficient (Wildman–Crippen LogP) is 8.58. The van der Waals surface area contributed by atoms with Crippen molar-refractivity contribution in [1.29, 1.82) is 0 Å². The van der Waals surface area contributed by atoms with Crippen LogP contribution in [0.1, 0.15) is 31.4 Å². The summed E-state index contributed by atoms with van der Waals surface area (Å²) in [6.07, 6.45) is 11.4. The molecule has 2 unspecified atom stereocenters. The largest absolute Gasteiger partial charge is 0.488 e. The van der Waals surface area contributed by atoms with Crippen LogP contribution in [0.3, 0.4) is 0 Å². The van der Waals surface area contributed by atoms with E-state index in [0.717, 1.165) is 18.4 Å². The Morgan fingerprint density at radius 3 is 1.80 bits per heavy atom. The first-order valence-corrected chi connectivity index (χ1v) is 22.7. The Bertz CT molecular complexity index is 2850. The lowest BCUT2D eigenvalue weighted by molar-refractivity contribution is -0.114. The fourth-order valence-corrected chi connectivity index (χ4v) is 7.31. The molecule has 70 heavy (non-hydrogen) atoms. The number of hydrogen-bond acceptors (Lipinski definition) is 14. The Kier molecular flexibility index (Phi) is 20.7. The van der Waals surface area contributed by atoms with Gasteiger partial charge in [0.1, 0.15) is 47.5 Å². The van der Waals surface area contributed by atoms with E-state index >= 15 is 0 Å². The van der Waals surface area contributed by atoms with Crippen LogP contribution in [-0.4, -0.2) is 121 Å². The third kappa shape index (κ3) is 16.4. The standard InChI is InChI=1S/C25H26ClFN4O3.C19H23N3O4.C6H5ClFN.CH4/c1-31(2)8-3-4-18(32)10-16-11-20-23(13-24(16)34-19-7-9-33-14-19)28-15-29-25(20)30-17-5-6-22(27)21(26)12-17;1-22(2)6-3-4-14(23)8-13-9-16-17(20-12-21-19(16)24)10-18(13)26-15-5-7-25-11-15;7-5-3-4(9)1-2-6(5)8;/h3-6,11-13,15,19H,7-10,14H2,1-2H3,(H,28,29,30);3-4,9-10,12,15H,5-8,11H2,1-2H3,(H,20,21,24);1-3H,9H2;1H4/b2*4-3+;;/i27-1;;8-1;. The summed E-state index contributed by atoms with van der Waals surface area (Å²) in [4.78, 5) is 56.5. The number of carbonyl (C=O) groups is 2. The average molecular weight is 1000 g/mol. The third-order valence-electron chi connectivity index (χ3n) is 10.4. The van der Waals surface area contributed by atoms with Gasteiger partial charge in [0, 0.05) is 78.8 Å². The molecule has 2 aliphatic rings. The van der Waals surface area contributed by atoms with Gasteiger partial charge in [-0.2, -0.15) is 0 Å². The van der Waals surface area contributed by atoms with Gasteiger partial charge in [-0.3, -0.25) is 14.4 Å². The van der Waals surface area contributed by atoms with Crippen LogP contribution in [0.5, 0.6) is 11.5 Å². The van der Waals surface area contributed by atoms with Crippen LogP contribution in [-0.2, 0) is 31.9 Å². The zero-order valence-corrected chi connectivity index (χ0v) is 40.2. The smallest absolute Gasteiger partial charge is 0.258 e. The summed E-state index contributed by atoms with van der Waals surface area (Å²) in [5, 5.41) is 4.39. The molecule has 2 saturated heterocycles. The monoisotopic (exact) mass is 1000 g/mol. The Labute approximate surface area is 415 Å². The summed E-state index contributed by atoms with van der Waals surface area (Å²) in [5.74, 6) is 0.684. The van der Waals surface area contributed by atoms with E-state index in [1.165, 1.54) is 43.0 Å². The number of halogens is 4. The van der Waals surface area contributed by atoms with Crippen molar-refractivity contribution >= 4 is 73.8 Å². The Balaban J connectivity index is 0.000000223. The quantitative estimate of drug-likeness (QED) is 0.0618. The number of aromatic amines is 1. The van der Waals surface area contributed by atoms with Gasteiger partial charge in [-0.15, -0.1) is 0 Å². The van der Waals surface area contributed by atoms with Crippen LogP contribution >= 0.6 is 23.2 Å². The van der Waals surface area contributed by atoms with Gasteiger partial charge in [0.05, 0.1) is 59.2 Å². The number of ketones is 2. The number of rotatable bonds is 16. The van der Waals surface area contributed by atoms with Crippen molar-refractivity contribution in [2.75, 3.05) is 78.8 Å². The van der Waals surface area contributed by atoms with E-state index < -0.39 is 11.6 Å². The van der Waals surface area contributed by atoms with Crippen LogP contribution in [0.2, 0.25) is 10.0 Å². The van der Waals surface area contributed by atoms with Gasteiger partial charge < -0.3 is 44.8 Å². The SMILES string of the molecule is C.CN(C)C/C=C/C(=O)Cc1cc2c(=O)[nH]cnc2cc1OC1CCOC1.CN(C)C/C=C/C(=O)Cc1cc2c(Nc3ccc([18F])c(Cl)c3)ncnc2cc1OC1CCOC1.Nc1ccc([18F])c(Cl)c1. The summed E-state index contributed by atoms with van der Waals surface area (Å²) >= 11 is 11.3. The molecule has 372 valence electrons. The first kappa shape index (κ1) is 54.6. The van der Waals surface area contributed by atoms with Gasteiger partial charge in [0.25, 0.3) is 5.56 Å². The van der Waals surface area contributed by atoms with Gasteiger partial charge >= 0.3 is 0 Å². The van der Waals surface area contributed by atoms with E-state index in [2.05, 4.69) is 25.3 Å². The molecule has 0 aliphatic carbocycles. The number of likely N-dealkylation sites (N-methyl/N-ethyl adjacent to an activating group) is 2. The number of nitrogens with one attached hydrogen (secondary N) is 2. The molecule has 0 radical (unpaired) electrons. The molecule has 4 N–H and O–H groups in total. The molecule has 19 heteroatoms. The first-order valence-electron chi connectivity index (χ1n) is 22.0. The van der Waals surface area contributed by atoms with Crippen molar-refractivity contribution in [1.82, 2.24) is 29.7 Å². The fraction of sp³-hybridized carbons (Fsp3) is 0.333. The molecule has 2 aromatic heterocycles. The van der Waals surface area contributed by atoms with Gasteiger partial charge in [-0.1, -0.05) is 42.8 Å². The van der Waals surface area contributed by atoms with Gasteiger partial charge in [-0.25, -0.2) is 23.7 Å². The number of anilines is 3. The zero-order chi connectivity index (χ0) is 49.5. The van der Waals surface area contributed by atoms with Crippen LogP contribution < -0.4 is 26.1 Å². The van der Waals surface area contributed by atoms with Crippen LogP contribution in [0.25, 0.3) is 21.8 Å². The number of benzene rings is 4. The maximum atomic E-state index is 13.6. The van der Waals surface area contributed by atoms with Crippen molar-refractivity contribution < 1.29 is 37.3 Å². The molecule has 2 fully saturated rings. The number of hydrogen-bond donors (Lipinski definition) is 3. The van der Waals surface area contributed by atoms with E-state index in [-0.39, 0.29) is 59.6 Å².